The van der Waals surface area contributed by atoms with Crippen molar-refractivity contribution in [2.24, 2.45) is 0 Å². The smallest absolute Gasteiger partial charge is 0.347 e. The molecule has 0 aliphatic carbocycles. The Labute approximate surface area is 179 Å². The number of rotatable bonds is 7. The molecule has 3 rings (SSSR count). The van der Waals surface area contributed by atoms with Crippen molar-refractivity contribution >= 4 is 40.6 Å². The third kappa shape index (κ3) is 4.28. The van der Waals surface area contributed by atoms with Crippen LogP contribution in [-0.4, -0.2) is 28.7 Å². The molecule has 156 valence electrons. The van der Waals surface area contributed by atoms with Crippen LogP contribution in [0, 0.1) is 13.8 Å². The molecule has 0 saturated heterocycles. The van der Waals surface area contributed by atoms with Gasteiger partial charge in [-0.15, -0.1) is 11.8 Å². The van der Waals surface area contributed by atoms with Gasteiger partial charge in [0.2, 0.25) is 0 Å². The Morgan fingerprint density at radius 1 is 1.13 bits per heavy atom. The van der Waals surface area contributed by atoms with E-state index in [0.717, 1.165) is 32.6 Å². The predicted molar refractivity (Wildman–Crippen MR) is 120 cm³/mol. The average molecular weight is 425 g/mol. The second-order valence-corrected chi connectivity index (χ2v) is 8.43. The molecule has 0 spiro atoms. The minimum Gasteiger partial charge on any atom is -0.478 e. The number of carboxylic acids is 1. The molecule has 0 radical (unpaired) electrons. The number of ketones is 1. The highest BCUT2D eigenvalue weighted by molar-refractivity contribution is 7.98. The number of hydrogen-bond acceptors (Lipinski definition) is 5. The van der Waals surface area contributed by atoms with E-state index in [0.29, 0.717) is 11.3 Å². The molecule has 0 saturated carbocycles. The molecule has 0 aliphatic rings. The maximum absolute atomic E-state index is 12.8. The van der Waals surface area contributed by atoms with Crippen LogP contribution in [0.4, 0.5) is 0 Å². The van der Waals surface area contributed by atoms with E-state index in [1.165, 1.54) is 19.9 Å². The SMILES string of the molecule is CSc1ccc(C(=O)C=Cc2cc(C)c(OC(C)(C)C(=O)O)c(C)c2)c2ccoc12. The van der Waals surface area contributed by atoms with E-state index in [4.69, 9.17) is 9.15 Å². The van der Waals surface area contributed by atoms with Gasteiger partial charge in [-0.3, -0.25) is 4.79 Å². The molecule has 0 amide bonds. The Morgan fingerprint density at radius 3 is 2.40 bits per heavy atom. The van der Waals surface area contributed by atoms with Crippen LogP contribution in [0.3, 0.4) is 0 Å². The van der Waals surface area contributed by atoms with Crippen molar-refractivity contribution < 1.29 is 23.8 Å². The van der Waals surface area contributed by atoms with E-state index in [9.17, 15) is 14.7 Å². The number of carbonyl (C=O) groups is 2. The van der Waals surface area contributed by atoms with E-state index >= 15 is 0 Å². The molecule has 3 aromatic rings. The molecule has 0 unspecified atom stereocenters. The van der Waals surface area contributed by atoms with E-state index in [1.54, 1.807) is 30.2 Å². The van der Waals surface area contributed by atoms with Crippen LogP contribution in [-0.2, 0) is 4.79 Å². The zero-order valence-corrected chi connectivity index (χ0v) is 18.4. The number of aryl methyl sites for hydroxylation is 2. The van der Waals surface area contributed by atoms with Gasteiger partial charge in [0.25, 0.3) is 0 Å². The summed E-state index contributed by atoms with van der Waals surface area (Å²) in [6.45, 7) is 6.74. The van der Waals surface area contributed by atoms with Gasteiger partial charge in [0.05, 0.1) is 11.2 Å². The molecule has 2 aromatic carbocycles. The molecule has 0 aliphatic heterocycles. The summed E-state index contributed by atoms with van der Waals surface area (Å²) in [6.07, 6.45) is 6.85. The largest absolute Gasteiger partial charge is 0.478 e. The normalized spacial score (nSPS) is 11.9. The number of carbonyl (C=O) groups excluding carboxylic acids is 1. The van der Waals surface area contributed by atoms with Gasteiger partial charge in [-0.25, -0.2) is 4.79 Å². The molecule has 1 N–H and O–H groups in total. The summed E-state index contributed by atoms with van der Waals surface area (Å²) in [4.78, 5) is 25.2. The van der Waals surface area contributed by atoms with Crippen LogP contribution >= 0.6 is 11.8 Å². The summed E-state index contributed by atoms with van der Waals surface area (Å²) in [7, 11) is 0. The molecule has 5 nitrogen and oxygen atoms in total. The molecule has 6 heteroatoms. The Hall–Kier alpha value is -2.99. The van der Waals surface area contributed by atoms with Crippen LogP contribution in [0.1, 0.15) is 40.9 Å². The standard InChI is InChI=1S/C24H24O5S/c1-14-12-16(13-15(2)21(14)29-24(3,4)23(26)27)6-8-19(25)17-7-9-20(30-5)22-18(17)10-11-28-22/h6-13H,1-5H3,(H,26,27). The first kappa shape index (κ1) is 21.7. The number of furan rings is 1. The summed E-state index contributed by atoms with van der Waals surface area (Å²) in [5.74, 6) is -0.607. The van der Waals surface area contributed by atoms with Crippen LogP contribution in [0.5, 0.6) is 5.75 Å². The van der Waals surface area contributed by atoms with E-state index in [1.807, 2.05) is 44.4 Å². The van der Waals surface area contributed by atoms with Crippen LogP contribution in [0.25, 0.3) is 17.0 Å². The zero-order valence-electron chi connectivity index (χ0n) is 17.6. The lowest BCUT2D eigenvalue weighted by Crippen LogP contribution is -2.38. The Balaban J connectivity index is 1.87. The highest BCUT2D eigenvalue weighted by atomic mass is 32.2. The Morgan fingerprint density at radius 2 is 1.80 bits per heavy atom. The van der Waals surface area contributed by atoms with Crippen molar-refractivity contribution in [3.8, 4) is 5.75 Å². The number of ether oxygens (including phenoxy) is 1. The minimum absolute atomic E-state index is 0.114. The van der Waals surface area contributed by atoms with Gasteiger partial charge >= 0.3 is 5.97 Å². The average Bonchev–Trinajstić information content (AvgIpc) is 3.18. The molecular formula is C24H24O5S. The first-order chi connectivity index (χ1) is 14.1. The number of carboxylic acid groups (broad SMARTS) is 1. The number of fused-ring (bicyclic) bond motifs is 1. The monoisotopic (exact) mass is 424 g/mol. The molecule has 0 atom stereocenters. The lowest BCUT2D eigenvalue weighted by Gasteiger charge is -2.24. The van der Waals surface area contributed by atoms with Crippen molar-refractivity contribution in [2.75, 3.05) is 6.26 Å². The highest BCUT2D eigenvalue weighted by Gasteiger charge is 2.30. The zero-order chi connectivity index (χ0) is 22.1. The van der Waals surface area contributed by atoms with Gasteiger partial charge in [-0.1, -0.05) is 6.08 Å². The maximum atomic E-state index is 12.8. The van der Waals surface area contributed by atoms with Crippen LogP contribution in [0.15, 0.2) is 52.0 Å². The van der Waals surface area contributed by atoms with Gasteiger partial charge in [-0.05, 0) is 87.0 Å². The summed E-state index contributed by atoms with van der Waals surface area (Å²) in [6, 6.07) is 9.25. The fourth-order valence-electron chi connectivity index (χ4n) is 3.21. The lowest BCUT2D eigenvalue weighted by atomic mass is 10.0. The molecule has 30 heavy (non-hydrogen) atoms. The maximum Gasteiger partial charge on any atom is 0.347 e. The van der Waals surface area contributed by atoms with Crippen molar-refractivity contribution in [2.45, 2.75) is 38.2 Å². The molecule has 0 fully saturated rings. The lowest BCUT2D eigenvalue weighted by molar-refractivity contribution is -0.152. The first-order valence-corrected chi connectivity index (χ1v) is 10.7. The molecular weight excluding hydrogens is 400 g/mol. The number of aliphatic carboxylic acids is 1. The first-order valence-electron chi connectivity index (χ1n) is 9.44. The minimum atomic E-state index is -1.33. The van der Waals surface area contributed by atoms with Crippen LogP contribution < -0.4 is 4.74 Å². The summed E-state index contributed by atoms with van der Waals surface area (Å²) < 4.78 is 11.3. The number of allylic oxidation sites excluding steroid dienone is 1. The number of hydrogen-bond donors (Lipinski definition) is 1. The summed E-state index contributed by atoms with van der Waals surface area (Å²) in [5, 5.41) is 10.1. The third-order valence-electron chi connectivity index (χ3n) is 4.85. The van der Waals surface area contributed by atoms with E-state index in [-0.39, 0.29) is 5.78 Å². The number of benzene rings is 2. The van der Waals surface area contributed by atoms with Gasteiger partial charge in [0.1, 0.15) is 11.3 Å². The topological polar surface area (TPSA) is 76.7 Å². The Bertz CT molecular complexity index is 1130. The van der Waals surface area contributed by atoms with Gasteiger partial charge in [0, 0.05) is 10.9 Å². The van der Waals surface area contributed by atoms with Crippen LogP contribution in [0.2, 0.25) is 0 Å². The van der Waals surface area contributed by atoms with Gasteiger partial charge in [0.15, 0.2) is 11.4 Å². The second kappa shape index (κ2) is 8.40. The molecule has 1 aromatic heterocycles. The van der Waals surface area contributed by atoms with Crippen molar-refractivity contribution in [3.05, 3.63) is 64.9 Å². The van der Waals surface area contributed by atoms with E-state index in [2.05, 4.69) is 0 Å². The Kier molecular flexibility index (Phi) is 6.08. The highest BCUT2D eigenvalue weighted by Crippen LogP contribution is 2.31. The fraction of sp³-hybridized carbons (Fsp3) is 0.250. The van der Waals surface area contributed by atoms with Gasteiger partial charge < -0.3 is 14.3 Å². The van der Waals surface area contributed by atoms with Crippen molar-refractivity contribution in [3.63, 3.8) is 0 Å². The van der Waals surface area contributed by atoms with E-state index < -0.39 is 11.6 Å². The van der Waals surface area contributed by atoms with Crippen molar-refractivity contribution in [1.29, 1.82) is 0 Å². The fourth-order valence-corrected chi connectivity index (χ4v) is 3.76. The third-order valence-corrected chi connectivity index (χ3v) is 5.61. The summed E-state index contributed by atoms with van der Waals surface area (Å²) in [5.41, 5.74) is 2.42. The van der Waals surface area contributed by atoms with Gasteiger partial charge in [-0.2, -0.15) is 0 Å². The quantitative estimate of drug-likeness (QED) is 0.289. The van der Waals surface area contributed by atoms with Crippen molar-refractivity contribution in [1.82, 2.24) is 0 Å². The summed E-state index contributed by atoms with van der Waals surface area (Å²) >= 11 is 1.57. The second-order valence-electron chi connectivity index (χ2n) is 7.58. The number of thioether (sulfide) groups is 1. The molecule has 0 bridgehead atoms. The molecule has 1 heterocycles. The predicted octanol–water partition coefficient (Wildman–Crippen LogP) is 5.91.